The Kier molecular flexibility index (Phi) is 7.11. The second-order valence-corrected chi connectivity index (χ2v) is 6.62. The number of rotatable bonds is 8. The summed E-state index contributed by atoms with van der Waals surface area (Å²) >= 11 is 0. The molecule has 0 saturated carbocycles. The zero-order valence-electron chi connectivity index (χ0n) is 12.9. The highest BCUT2D eigenvalue weighted by Gasteiger charge is 2.12. The van der Waals surface area contributed by atoms with Crippen molar-refractivity contribution in [1.82, 2.24) is 0 Å². The van der Waals surface area contributed by atoms with Crippen molar-refractivity contribution in [1.29, 1.82) is 0 Å². The monoisotopic (exact) mass is 274 g/mol. The second-order valence-electron chi connectivity index (χ2n) is 6.62. The number of ketones is 1. The zero-order chi connectivity index (χ0) is 14.0. The van der Waals surface area contributed by atoms with E-state index in [0.29, 0.717) is 5.78 Å². The van der Waals surface area contributed by atoms with Crippen LogP contribution in [-0.4, -0.2) is 5.78 Å². The lowest BCUT2D eigenvalue weighted by atomic mass is 9.88. The van der Waals surface area contributed by atoms with Gasteiger partial charge in [-0.3, -0.25) is 4.79 Å². The molecule has 0 aromatic carbocycles. The van der Waals surface area contributed by atoms with Crippen molar-refractivity contribution in [3.05, 3.63) is 24.3 Å². The van der Waals surface area contributed by atoms with Crippen molar-refractivity contribution in [2.45, 2.75) is 77.0 Å². The Labute approximate surface area is 124 Å². The Bertz CT molecular complexity index is 308. The molecule has 1 nitrogen and oxygen atoms in total. The summed E-state index contributed by atoms with van der Waals surface area (Å²) in [5.41, 5.74) is 0. The van der Waals surface area contributed by atoms with Gasteiger partial charge in [-0.25, -0.2) is 0 Å². The van der Waals surface area contributed by atoms with Gasteiger partial charge in [-0.2, -0.15) is 0 Å². The molecular weight excluding hydrogens is 244 g/mol. The Hall–Kier alpha value is -0.850. The molecule has 0 spiro atoms. The number of hydrogen-bond donors (Lipinski definition) is 0. The van der Waals surface area contributed by atoms with Gasteiger partial charge >= 0.3 is 0 Å². The predicted octanol–water partition coefficient (Wildman–Crippen LogP) is 5.61. The fourth-order valence-electron chi connectivity index (χ4n) is 3.54. The normalized spacial score (nSPS) is 25.8. The fraction of sp³-hybridized carbons (Fsp3) is 0.737. The smallest absolute Gasteiger partial charge is 0.132 e. The molecule has 0 saturated heterocycles. The molecule has 112 valence electrons. The van der Waals surface area contributed by atoms with E-state index in [1.54, 1.807) is 0 Å². The molecule has 0 N–H and O–H groups in total. The highest BCUT2D eigenvalue weighted by Crippen LogP contribution is 2.25. The van der Waals surface area contributed by atoms with E-state index >= 15 is 0 Å². The quantitative estimate of drug-likeness (QED) is 0.526. The third-order valence-corrected chi connectivity index (χ3v) is 4.89. The lowest BCUT2D eigenvalue weighted by Crippen LogP contribution is -2.06. The number of carbonyl (C=O) groups is 1. The Balaban J connectivity index is 1.47. The van der Waals surface area contributed by atoms with Gasteiger partial charge < -0.3 is 0 Å². The number of Topliss-reactive ketones (excluding diaryl/α,β-unsaturated/α-hetero) is 1. The molecule has 0 aliphatic heterocycles. The average molecular weight is 274 g/mol. The zero-order valence-corrected chi connectivity index (χ0v) is 12.9. The van der Waals surface area contributed by atoms with Crippen LogP contribution in [0.2, 0.25) is 0 Å². The molecule has 0 amide bonds. The van der Waals surface area contributed by atoms with Crippen molar-refractivity contribution < 1.29 is 4.79 Å². The van der Waals surface area contributed by atoms with E-state index < -0.39 is 0 Å². The highest BCUT2D eigenvalue weighted by atomic mass is 16.1. The van der Waals surface area contributed by atoms with Gasteiger partial charge in [0, 0.05) is 12.8 Å². The van der Waals surface area contributed by atoms with Crippen LogP contribution in [0.3, 0.4) is 0 Å². The van der Waals surface area contributed by atoms with E-state index in [4.69, 9.17) is 0 Å². The first-order chi connectivity index (χ1) is 9.84. The Morgan fingerprint density at radius 1 is 0.800 bits per heavy atom. The first kappa shape index (κ1) is 15.5. The molecule has 0 aromatic heterocycles. The summed E-state index contributed by atoms with van der Waals surface area (Å²) < 4.78 is 0. The maximum atomic E-state index is 11.9. The summed E-state index contributed by atoms with van der Waals surface area (Å²) in [4.78, 5) is 11.9. The summed E-state index contributed by atoms with van der Waals surface area (Å²) in [6.45, 7) is 0. The van der Waals surface area contributed by atoms with E-state index in [0.717, 1.165) is 37.5 Å². The van der Waals surface area contributed by atoms with E-state index in [2.05, 4.69) is 24.3 Å². The highest BCUT2D eigenvalue weighted by molar-refractivity contribution is 5.78. The summed E-state index contributed by atoms with van der Waals surface area (Å²) in [6.07, 6.45) is 23.2. The van der Waals surface area contributed by atoms with Crippen LogP contribution in [0.5, 0.6) is 0 Å². The van der Waals surface area contributed by atoms with E-state index in [1.165, 1.54) is 51.4 Å². The topological polar surface area (TPSA) is 17.1 Å². The average Bonchev–Trinajstić information content (AvgIpc) is 2.49. The molecular formula is C19H30O. The summed E-state index contributed by atoms with van der Waals surface area (Å²) in [6, 6.07) is 0. The maximum Gasteiger partial charge on any atom is 0.132 e. The van der Waals surface area contributed by atoms with Crippen molar-refractivity contribution in [2.24, 2.45) is 11.8 Å². The third kappa shape index (κ3) is 6.07. The molecule has 20 heavy (non-hydrogen) atoms. The largest absolute Gasteiger partial charge is 0.300 e. The van der Waals surface area contributed by atoms with Crippen LogP contribution in [0.25, 0.3) is 0 Å². The molecule has 0 aromatic rings. The van der Waals surface area contributed by atoms with Gasteiger partial charge in [-0.15, -0.1) is 0 Å². The number of carbonyl (C=O) groups excluding carboxylic acids is 1. The van der Waals surface area contributed by atoms with Crippen LogP contribution in [0.15, 0.2) is 24.3 Å². The summed E-state index contributed by atoms with van der Waals surface area (Å²) in [5.74, 6) is 2.20. The van der Waals surface area contributed by atoms with Gasteiger partial charge in [0.15, 0.2) is 0 Å². The maximum absolute atomic E-state index is 11.9. The van der Waals surface area contributed by atoms with Crippen molar-refractivity contribution in [3.8, 4) is 0 Å². The van der Waals surface area contributed by atoms with Gasteiger partial charge in [0.05, 0.1) is 0 Å². The minimum atomic E-state index is 0.503. The van der Waals surface area contributed by atoms with Crippen LogP contribution in [0, 0.1) is 11.8 Å². The Morgan fingerprint density at radius 2 is 1.30 bits per heavy atom. The van der Waals surface area contributed by atoms with Gasteiger partial charge in [-0.05, 0) is 76.0 Å². The molecule has 0 bridgehead atoms. The van der Waals surface area contributed by atoms with Crippen LogP contribution >= 0.6 is 0 Å². The fourth-order valence-corrected chi connectivity index (χ4v) is 3.54. The van der Waals surface area contributed by atoms with Gasteiger partial charge in [0.25, 0.3) is 0 Å². The molecule has 2 rings (SSSR count). The summed E-state index contributed by atoms with van der Waals surface area (Å²) in [5, 5.41) is 0. The molecule has 1 heteroatoms. The van der Waals surface area contributed by atoms with E-state index in [-0.39, 0.29) is 0 Å². The van der Waals surface area contributed by atoms with Gasteiger partial charge in [0.1, 0.15) is 5.78 Å². The Morgan fingerprint density at radius 3 is 1.70 bits per heavy atom. The van der Waals surface area contributed by atoms with Crippen molar-refractivity contribution in [3.63, 3.8) is 0 Å². The standard InChI is InChI=1S/C19H30O/c20-19(15-7-13-17-9-3-1-4-10-17)16-8-14-18-11-5-2-6-12-18/h1-3,5,17-18H,4,6-16H2. The van der Waals surface area contributed by atoms with Crippen LogP contribution < -0.4 is 0 Å². The molecule has 2 unspecified atom stereocenters. The lowest BCUT2D eigenvalue weighted by Gasteiger charge is -2.17. The first-order valence-corrected chi connectivity index (χ1v) is 8.66. The van der Waals surface area contributed by atoms with E-state index in [1.807, 2.05) is 0 Å². The molecule has 2 aliphatic rings. The van der Waals surface area contributed by atoms with Crippen LogP contribution in [0.4, 0.5) is 0 Å². The van der Waals surface area contributed by atoms with Crippen LogP contribution in [-0.2, 0) is 4.79 Å². The minimum Gasteiger partial charge on any atom is -0.300 e. The van der Waals surface area contributed by atoms with Crippen LogP contribution in [0.1, 0.15) is 77.0 Å². The molecule has 0 radical (unpaired) electrons. The molecule has 2 atom stereocenters. The van der Waals surface area contributed by atoms with E-state index in [9.17, 15) is 4.79 Å². The minimum absolute atomic E-state index is 0.503. The lowest BCUT2D eigenvalue weighted by molar-refractivity contribution is -0.119. The first-order valence-electron chi connectivity index (χ1n) is 8.66. The molecule has 0 heterocycles. The molecule has 2 aliphatic carbocycles. The number of hydrogen-bond acceptors (Lipinski definition) is 1. The summed E-state index contributed by atoms with van der Waals surface area (Å²) in [7, 11) is 0. The SMILES string of the molecule is O=C(CCCC1CC=CCC1)CCCC1CC=CCC1. The van der Waals surface area contributed by atoms with Gasteiger partial charge in [-0.1, -0.05) is 24.3 Å². The second kappa shape index (κ2) is 9.15. The van der Waals surface area contributed by atoms with Crippen molar-refractivity contribution in [2.75, 3.05) is 0 Å². The number of allylic oxidation sites excluding steroid dienone is 4. The van der Waals surface area contributed by atoms with Gasteiger partial charge in [0.2, 0.25) is 0 Å². The third-order valence-electron chi connectivity index (χ3n) is 4.89. The molecule has 0 fully saturated rings. The van der Waals surface area contributed by atoms with Crippen molar-refractivity contribution >= 4 is 5.78 Å². The predicted molar refractivity (Wildman–Crippen MR) is 85.7 cm³/mol.